The van der Waals surface area contributed by atoms with Crippen molar-refractivity contribution in [3.05, 3.63) is 54.9 Å². The summed E-state index contributed by atoms with van der Waals surface area (Å²) in [5.74, 6) is 0. The standard InChI is InChI=1S/C16H21N3O/c1-2-3-4-5-9-12-16(20)15-13-17-19(18-15)14-10-7-6-8-11-14/h2,6-8,10-11,13,16,20H,1,3-5,9,12H2. The number of aromatic nitrogens is 3. The Morgan fingerprint density at radius 3 is 2.75 bits per heavy atom. The molecule has 1 unspecified atom stereocenters. The molecule has 1 atom stereocenters. The van der Waals surface area contributed by atoms with Crippen LogP contribution in [0.15, 0.2) is 49.2 Å². The lowest BCUT2D eigenvalue weighted by molar-refractivity contribution is 0.158. The number of nitrogens with zero attached hydrogens (tertiary/aromatic N) is 3. The van der Waals surface area contributed by atoms with Gasteiger partial charge in [0.2, 0.25) is 0 Å². The first-order valence-electron chi connectivity index (χ1n) is 7.08. The van der Waals surface area contributed by atoms with E-state index in [1.807, 2.05) is 36.4 Å². The van der Waals surface area contributed by atoms with Crippen molar-refractivity contribution in [2.24, 2.45) is 0 Å². The first-order valence-corrected chi connectivity index (χ1v) is 7.08. The Morgan fingerprint density at radius 2 is 2.00 bits per heavy atom. The number of para-hydroxylation sites is 1. The molecule has 0 saturated carbocycles. The fourth-order valence-electron chi connectivity index (χ4n) is 2.06. The van der Waals surface area contributed by atoms with Crippen molar-refractivity contribution in [2.45, 2.75) is 38.2 Å². The second-order valence-electron chi connectivity index (χ2n) is 4.84. The van der Waals surface area contributed by atoms with Gasteiger partial charge in [0.05, 0.1) is 18.0 Å². The molecule has 106 valence electrons. The molecule has 0 aliphatic rings. The third kappa shape index (κ3) is 4.03. The molecule has 2 rings (SSSR count). The minimum absolute atomic E-state index is 0.531. The van der Waals surface area contributed by atoms with Gasteiger partial charge in [0.1, 0.15) is 5.69 Å². The van der Waals surface area contributed by atoms with Crippen molar-refractivity contribution in [3.63, 3.8) is 0 Å². The van der Waals surface area contributed by atoms with E-state index in [9.17, 15) is 5.11 Å². The van der Waals surface area contributed by atoms with Gasteiger partial charge in [-0.1, -0.05) is 37.1 Å². The van der Waals surface area contributed by atoms with Gasteiger partial charge in [0.15, 0.2) is 0 Å². The molecule has 1 N–H and O–H groups in total. The number of rotatable bonds is 8. The predicted octanol–water partition coefficient (Wildman–Crippen LogP) is 3.44. The van der Waals surface area contributed by atoms with E-state index in [2.05, 4.69) is 16.8 Å². The van der Waals surface area contributed by atoms with Crippen molar-refractivity contribution in [2.75, 3.05) is 0 Å². The van der Waals surface area contributed by atoms with Crippen LogP contribution in [0.5, 0.6) is 0 Å². The third-order valence-electron chi connectivity index (χ3n) is 3.22. The molecule has 0 fully saturated rings. The lowest BCUT2D eigenvalue weighted by atomic mass is 10.1. The van der Waals surface area contributed by atoms with E-state index >= 15 is 0 Å². The van der Waals surface area contributed by atoms with Crippen LogP contribution < -0.4 is 0 Å². The van der Waals surface area contributed by atoms with Crippen LogP contribution in [-0.2, 0) is 0 Å². The Morgan fingerprint density at radius 1 is 1.20 bits per heavy atom. The van der Waals surface area contributed by atoms with E-state index in [1.165, 1.54) is 0 Å². The summed E-state index contributed by atoms with van der Waals surface area (Å²) in [5.41, 5.74) is 1.54. The van der Waals surface area contributed by atoms with Crippen LogP contribution in [0.2, 0.25) is 0 Å². The maximum atomic E-state index is 10.1. The van der Waals surface area contributed by atoms with Gasteiger partial charge in [-0.3, -0.25) is 0 Å². The molecule has 1 aromatic heterocycles. The Kier molecular flexibility index (Phi) is 5.50. The van der Waals surface area contributed by atoms with Crippen LogP contribution in [0.25, 0.3) is 5.69 Å². The lowest BCUT2D eigenvalue weighted by Crippen LogP contribution is -2.02. The number of unbranched alkanes of at least 4 members (excludes halogenated alkanes) is 3. The zero-order chi connectivity index (χ0) is 14.2. The summed E-state index contributed by atoms with van der Waals surface area (Å²) in [7, 11) is 0. The Labute approximate surface area is 119 Å². The topological polar surface area (TPSA) is 50.9 Å². The lowest BCUT2D eigenvalue weighted by Gasteiger charge is -2.06. The van der Waals surface area contributed by atoms with Crippen LogP contribution in [0.3, 0.4) is 0 Å². The highest BCUT2D eigenvalue weighted by atomic mass is 16.3. The molecule has 2 aromatic rings. The minimum Gasteiger partial charge on any atom is -0.387 e. The van der Waals surface area contributed by atoms with Crippen LogP contribution >= 0.6 is 0 Å². The molecule has 0 aliphatic carbocycles. The average molecular weight is 271 g/mol. The number of hydrogen-bond donors (Lipinski definition) is 1. The Balaban J connectivity index is 1.87. The highest BCUT2D eigenvalue weighted by Crippen LogP contribution is 2.18. The summed E-state index contributed by atoms with van der Waals surface area (Å²) in [6.07, 6.45) is 8.04. The summed E-state index contributed by atoms with van der Waals surface area (Å²) in [6, 6.07) is 9.70. The van der Waals surface area contributed by atoms with Crippen molar-refractivity contribution in [1.82, 2.24) is 15.0 Å². The molecule has 0 aliphatic heterocycles. The summed E-state index contributed by atoms with van der Waals surface area (Å²) >= 11 is 0. The maximum Gasteiger partial charge on any atom is 0.112 e. The largest absolute Gasteiger partial charge is 0.387 e. The number of hydrogen-bond acceptors (Lipinski definition) is 3. The molecule has 1 heterocycles. The summed E-state index contributed by atoms with van der Waals surface area (Å²) in [4.78, 5) is 1.55. The molecule has 0 saturated heterocycles. The molecule has 4 nitrogen and oxygen atoms in total. The van der Waals surface area contributed by atoms with Gasteiger partial charge in [-0.15, -0.1) is 6.58 Å². The fourth-order valence-corrected chi connectivity index (χ4v) is 2.06. The molecule has 0 amide bonds. The quantitative estimate of drug-likeness (QED) is 0.591. The van der Waals surface area contributed by atoms with E-state index in [-0.39, 0.29) is 0 Å². The third-order valence-corrected chi connectivity index (χ3v) is 3.22. The molecule has 0 spiro atoms. The monoisotopic (exact) mass is 271 g/mol. The van der Waals surface area contributed by atoms with Gasteiger partial charge in [-0.05, 0) is 31.4 Å². The SMILES string of the molecule is C=CCCCCCC(O)c1cnn(-c2ccccc2)n1. The maximum absolute atomic E-state index is 10.1. The summed E-state index contributed by atoms with van der Waals surface area (Å²) in [6.45, 7) is 3.70. The Hall–Kier alpha value is -1.94. The van der Waals surface area contributed by atoms with Crippen molar-refractivity contribution in [1.29, 1.82) is 0 Å². The van der Waals surface area contributed by atoms with Crippen LogP contribution in [0.1, 0.15) is 43.9 Å². The number of benzene rings is 1. The summed E-state index contributed by atoms with van der Waals surface area (Å²) < 4.78 is 0. The predicted molar refractivity (Wildman–Crippen MR) is 79.6 cm³/mol. The van der Waals surface area contributed by atoms with Crippen molar-refractivity contribution < 1.29 is 5.11 Å². The number of aliphatic hydroxyl groups excluding tert-OH is 1. The molecule has 1 aromatic carbocycles. The van der Waals surface area contributed by atoms with E-state index in [4.69, 9.17) is 0 Å². The van der Waals surface area contributed by atoms with Gasteiger partial charge >= 0.3 is 0 Å². The second-order valence-corrected chi connectivity index (χ2v) is 4.84. The molecule has 4 heteroatoms. The zero-order valence-corrected chi connectivity index (χ0v) is 11.7. The second kappa shape index (κ2) is 7.60. The highest BCUT2D eigenvalue weighted by molar-refractivity contribution is 5.28. The zero-order valence-electron chi connectivity index (χ0n) is 11.7. The molecule has 0 radical (unpaired) electrons. The first-order chi connectivity index (χ1) is 9.81. The molecular weight excluding hydrogens is 250 g/mol. The van der Waals surface area contributed by atoms with E-state index in [0.29, 0.717) is 5.69 Å². The Bertz CT molecular complexity index is 522. The van der Waals surface area contributed by atoms with Crippen LogP contribution in [0.4, 0.5) is 0 Å². The first kappa shape index (κ1) is 14.5. The van der Waals surface area contributed by atoms with Crippen molar-refractivity contribution in [3.8, 4) is 5.69 Å². The molecule has 20 heavy (non-hydrogen) atoms. The van der Waals surface area contributed by atoms with Crippen LogP contribution in [0, 0.1) is 0 Å². The van der Waals surface area contributed by atoms with E-state index < -0.39 is 6.10 Å². The van der Waals surface area contributed by atoms with E-state index in [0.717, 1.165) is 37.8 Å². The average Bonchev–Trinajstić information content (AvgIpc) is 2.98. The van der Waals surface area contributed by atoms with Crippen molar-refractivity contribution >= 4 is 0 Å². The molecule has 0 bridgehead atoms. The van der Waals surface area contributed by atoms with E-state index in [1.54, 1.807) is 11.0 Å². The van der Waals surface area contributed by atoms with Gasteiger partial charge in [0, 0.05) is 0 Å². The number of aliphatic hydroxyl groups is 1. The van der Waals surface area contributed by atoms with Crippen LogP contribution in [-0.4, -0.2) is 20.1 Å². The highest BCUT2D eigenvalue weighted by Gasteiger charge is 2.12. The van der Waals surface area contributed by atoms with Gasteiger partial charge < -0.3 is 5.11 Å². The van der Waals surface area contributed by atoms with Gasteiger partial charge in [-0.2, -0.15) is 15.0 Å². The fraction of sp³-hybridized carbons (Fsp3) is 0.375. The van der Waals surface area contributed by atoms with Gasteiger partial charge in [-0.25, -0.2) is 0 Å². The molecular formula is C16H21N3O. The normalized spacial score (nSPS) is 12.2. The summed E-state index contributed by atoms with van der Waals surface area (Å²) in [5, 5.41) is 18.6. The van der Waals surface area contributed by atoms with Gasteiger partial charge in [0.25, 0.3) is 0 Å². The smallest absolute Gasteiger partial charge is 0.112 e. The minimum atomic E-state index is -0.531. The number of allylic oxidation sites excluding steroid dienone is 1.